The van der Waals surface area contributed by atoms with Crippen molar-refractivity contribution in [1.29, 1.82) is 0 Å². The Hall–Kier alpha value is -2.64. The van der Waals surface area contributed by atoms with E-state index >= 15 is 0 Å². The highest BCUT2D eigenvalue weighted by atomic mass is 35.5. The van der Waals surface area contributed by atoms with Gasteiger partial charge in [-0.2, -0.15) is 5.10 Å². The lowest BCUT2D eigenvalue weighted by molar-refractivity contribution is -0.123. The topological polar surface area (TPSA) is 82.9 Å². The number of amidine groups is 1. The van der Waals surface area contributed by atoms with Gasteiger partial charge in [-0.3, -0.25) is 9.59 Å². The van der Waals surface area contributed by atoms with Crippen LogP contribution in [0, 0.1) is 0 Å². The second-order valence-electron chi connectivity index (χ2n) is 6.10. The molecule has 1 fully saturated rings. The number of rotatable bonds is 5. The second-order valence-corrected chi connectivity index (χ2v) is 7.73. The first kappa shape index (κ1) is 20.1. The van der Waals surface area contributed by atoms with Crippen LogP contribution < -0.4 is 10.6 Å². The number of nitrogens with zero attached hydrogens (tertiary/aromatic N) is 2. The summed E-state index contributed by atoms with van der Waals surface area (Å²) in [7, 11) is 0. The fourth-order valence-electron chi connectivity index (χ4n) is 2.48. The van der Waals surface area contributed by atoms with Crippen LogP contribution in [-0.2, 0) is 16.0 Å². The SMILES string of the molecule is CCc1ccc(NC(=O)[C@@H]2CC(=O)NC(=N/N=C\c3ccc(Cl)cc3)S2)cc1. The van der Waals surface area contributed by atoms with E-state index in [4.69, 9.17) is 11.6 Å². The van der Waals surface area contributed by atoms with Crippen LogP contribution in [-0.4, -0.2) is 28.4 Å². The summed E-state index contributed by atoms with van der Waals surface area (Å²) in [5.74, 6) is -0.501. The van der Waals surface area contributed by atoms with Crippen LogP contribution in [0.2, 0.25) is 5.02 Å². The molecule has 0 bridgehead atoms. The number of aryl methyl sites for hydroxylation is 1. The van der Waals surface area contributed by atoms with E-state index in [1.165, 1.54) is 17.3 Å². The van der Waals surface area contributed by atoms with Crippen LogP contribution in [0.3, 0.4) is 0 Å². The summed E-state index contributed by atoms with van der Waals surface area (Å²) in [4.78, 5) is 24.5. The lowest BCUT2D eigenvalue weighted by Crippen LogP contribution is -2.41. The Morgan fingerprint density at radius 2 is 1.96 bits per heavy atom. The van der Waals surface area contributed by atoms with Crippen molar-refractivity contribution in [1.82, 2.24) is 5.32 Å². The van der Waals surface area contributed by atoms with Crippen molar-refractivity contribution in [3.63, 3.8) is 0 Å². The van der Waals surface area contributed by atoms with Gasteiger partial charge < -0.3 is 10.6 Å². The van der Waals surface area contributed by atoms with E-state index in [1.807, 2.05) is 24.3 Å². The highest BCUT2D eigenvalue weighted by Gasteiger charge is 2.30. The highest BCUT2D eigenvalue weighted by molar-refractivity contribution is 8.15. The van der Waals surface area contributed by atoms with Crippen molar-refractivity contribution in [2.75, 3.05) is 5.32 Å². The molecule has 1 aliphatic heterocycles. The molecule has 0 spiro atoms. The Kier molecular flexibility index (Phi) is 6.84. The van der Waals surface area contributed by atoms with E-state index in [1.54, 1.807) is 30.5 Å². The van der Waals surface area contributed by atoms with Gasteiger partial charge in [0.15, 0.2) is 5.17 Å². The smallest absolute Gasteiger partial charge is 0.238 e. The molecule has 144 valence electrons. The quantitative estimate of drug-likeness (QED) is 0.575. The Balaban J connectivity index is 1.63. The molecule has 2 aromatic rings. The molecule has 2 aromatic carbocycles. The fraction of sp³-hybridized carbons (Fsp3) is 0.200. The van der Waals surface area contributed by atoms with Crippen LogP contribution >= 0.6 is 23.4 Å². The molecule has 1 saturated heterocycles. The molecule has 0 unspecified atom stereocenters. The summed E-state index contributed by atoms with van der Waals surface area (Å²) in [5.41, 5.74) is 2.72. The minimum absolute atomic E-state index is 0.0868. The summed E-state index contributed by atoms with van der Waals surface area (Å²) >= 11 is 7.02. The van der Waals surface area contributed by atoms with E-state index < -0.39 is 5.25 Å². The molecule has 2 amide bonds. The van der Waals surface area contributed by atoms with Crippen LogP contribution in [0.4, 0.5) is 5.69 Å². The van der Waals surface area contributed by atoms with Crippen molar-refractivity contribution < 1.29 is 9.59 Å². The Morgan fingerprint density at radius 3 is 2.64 bits per heavy atom. The lowest BCUT2D eigenvalue weighted by Gasteiger charge is -2.21. The zero-order chi connectivity index (χ0) is 19.9. The number of halogens is 1. The number of nitrogens with one attached hydrogen (secondary N) is 2. The molecule has 3 rings (SSSR count). The van der Waals surface area contributed by atoms with Gasteiger partial charge in [0.05, 0.1) is 6.21 Å². The maximum absolute atomic E-state index is 12.5. The highest BCUT2D eigenvalue weighted by Crippen LogP contribution is 2.22. The molecule has 28 heavy (non-hydrogen) atoms. The number of anilines is 1. The summed E-state index contributed by atoms with van der Waals surface area (Å²) in [5, 5.41) is 13.8. The van der Waals surface area contributed by atoms with Crippen molar-refractivity contribution >= 4 is 52.2 Å². The molecule has 1 heterocycles. The Morgan fingerprint density at radius 1 is 1.25 bits per heavy atom. The molecule has 1 aliphatic rings. The molecule has 0 aromatic heterocycles. The molecule has 2 N–H and O–H groups in total. The lowest BCUT2D eigenvalue weighted by atomic mass is 10.1. The maximum Gasteiger partial charge on any atom is 0.238 e. The summed E-state index contributed by atoms with van der Waals surface area (Å²) in [6.45, 7) is 2.07. The number of thioether (sulfide) groups is 1. The van der Waals surface area contributed by atoms with E-state index in [9.17, 15) is 9.59 Å². The van der Waals surface area contributed by atoms with Gasteiger partial charge in [0.25, 0.3) is 0 Å². The molecule has 1 atom stereocenters. The molecule has 8 heteroatoms. The molecule has 0 radical (unpaired) electrons. The summed E-state index contributed by atoms with van der Waals surface area (Å²) in [6, 6.07) is 14.8. The second kappa shape index (κ2) is 9.52. The van der Waals surface area contributed by atoms with Crippen molar-refractivity contribution in [3.05, 3.63) is 64.7 Å². The van der Waals surface area contributed by atoms with E-state index in [0.29, 0.717) is 15.9 Å². The molecular weight excluding hydrogens is 396 g/mol. The van der Waals surface area contributed by atoms with Gasteiger partial charge in [-0.15, -0.1) is 5.10 Å². The Bertz CT molecular complexity index is 911. The van der Waals surface area contributed by atoms with E-state index in [-0.39, 0.29) is 18.2 Å². The number of amides is 2. The molecule has 0 saturated carbocycles. The minimum atomic E-state index is -0.566. The third kappa shape index (κ3) is 5.68. The zero-order valence-electron chi connectivity index (χ0n) is 15.2. The third-order valence-electron chi connectivity index (χ3n) is 4.02. The van der Waals surface area contributed by atoms with E-state index in [2.05, 4.69) is 27.8 Å². The number of carbonyl (C=O) groups is 2. The van der Waals surface area contributed by atoms with Gasteiger partial charge in [-0.1, -0.05) is 54.6 Å². The first-order chi connectivity index (χ1) is 13.5. The summed E-state index contributed by atoms with van der Waals surface area (Å²) < 4.78 is 0. The van der Waals surface area contributed by atoms with Gasteiger partial charge in [-0.05, 0) is 41.8 Å². The average molecular weight is 415 g/mol. The van der Waals surface area contributed by atoms with Crippen LogP contribution in [0.1, 0.15) is 24.5 Å². The zero-order valence-corrected chi connectivity index (χ0v) is 16.8. The van der Waals surface area contributed by atoms with Crippen molar-refractivity contribution in [3.8, 4) is 0 Å². The number of hydrogen-bond donors (Lipinski definition) is 2. The standard InChI is InChI=1S/C20H19ClN4O2S/c1-2-13-5-9-16(10-6-13)23-19(27)17-11-18(26)24-20(28-17)25-22-12-14-3-7-15(21)8-4-14/h3-10,12,17H,2,11H2,1H3,(H,23,27)(H,24,25,26)/b22-12-/t17-/m0/s1. The predicted octanol–water partition coefficient (Wildman–Crippen LogP) is 3.85. The largest absolute Gasteiger partial charge is 0.325 e. The first-order valence-electron chi connectivity index (χ1n) is 8.76. The Labute approximate surface area is 172 Å². The molecule has 0 aliphatic carbocycles. The van der Waals surface area contributed by atoms with Crippen molar-refractivity contribution in [2.45, 2.75) is 25.0 Å². The van der Waals surface area contributed by atoms with Crippen LogP contribution in [0.5, 0.6) is 0 Å². The van der Waals surface area contributed by atoms with Gasteiger partial charge >= 0.3 is 0 Å². The van der Waals surface area contributed by atoms with Gasteiger partial charge in [-0.25, -0.2) is 0 Å². The maximum atomic E-state index is 12.5. The summed E-state index contributed by atoms with van der Waals surface area (Å²) in [6.07, 6.45) is 2.57. The minimum Gasteiger partial charge on any atom is -0.325 e. The normalized spacial score (nSPS) is 18.3. The van der Waals surface area contributed by atoms with E-state index in [0.717, 1.165) is 12.0 Å². The first-order valence-corrected chi connectivity index (χ1v) is 10.0. The average Bonchev–Trinajstić information content (AvgIpc) is 2.69. The number of benzene rings is 2. The van der Waals surface area contributed by atoms with Gasteiger partial charge in [0, 0.05) is 17.1 Å². The molecule has 6 nitrogen and oxygen atoms in total. The monoisotopic (exact) mass is 414 g/mol. The van der Waals surface area contributed by atoms with Gasteiger partial charge in [0.2, 0.25) is 11.8 Å². The van der Waals surface area contributed by atoms with Crippen LogP contribution in [0.15, 0.2) is 58.7 Å². The number of carbonyl (C=O) groups excluding carboxylic acids is 2. The number of hydrogen-bond acceptors (Lipinski definition) is 5. The predicted molar refractivity (Wildman–Crippen MR) is 115 cm³/mol. The van der Waals surface area contributed by atoms with Crippen molar-refractivity contribution in [2.24, 2.45) is 10.2 Å². The fourth-order valence-corrected chi connectivity index (χ4v) is 3.55. The van der Waals surface area contributed by atoms with Crippen LogP contribution in [0.25, 0.3) is 0 Å². The molecular formula is C20H19ClN4O2S. The third-order valence-corrected chi connectivity index (χ3v) is 5.34. The van der Waals surface area contributed by atoms with Gasteiger partial charge in [0.1, 0.15) is 5.25 Å².